The molecule has 0 aromatic heterocycles. The van der Waals surface area contributed by atoms with E-state index in [9.17, 15) is 14.9 Å². The van der Waals surface area contributed by atoms with Crippen molar-refractivity contribution in [1.29, 1.82) is 0 Å². The van der Waals surface area contributed by atoms with Gasteiger partial charge >= 0.3 is 0 Å². The monoisotopic (exact) mass is 473 g/mol. The minimum atomic E-state index is -0.429. The molecule has 0 bridgehead atoms. The van der Waals surface area contributed by atoms with E-state index in [0.717, 1.165) is 28.8 Å². The van der Waals surface area contributed by atoms with E-state index in [1.165, 1.54) is 23.9 Å². The van der Waals surface area contributed by atoms with Gasteiger partial charge in [0.05, 0.1) is 15.5 Å². The van der Waals surface area contributed by atoms with Gasteiger partial charge in [0.2, 0.25) is 0 Å². The Labute approximate surface area is 201 Å². The maximum atomic E-state index is 12.7. The van der Waals surface area contributed by atoms with Gasteiger partial charge in [-0.1, -0.05) is 37.3 Å². The standard InChI is InChI=1S/C26H23N3O4S/c1-3-20-6-4-5-7-23(20)27-26-28(2)25(30)24(34-26)16-18-10-14-22(15-11-18)33-17-19-8-12-21(13-9-19)29(31)32/h4-16H,3,17H2,1-2H3/b24-16+,27-26?. The molecule has 1 aliphatic rings. The smallest absolute Gasteiger partial charge is 0.269 e. The number of aryl methyl sites for hydroxylation is 1. The lowest BCUT2D eigenvalue weighted by Gasteiger charge is -2.08. The number of amidine groups is 1. The van der Waals surface area contributed by atoms with Gasteiger partial charge in [0.25, 0.3) is 11.6 Å². The van der Waals surface area contributed by atoms with Crippen molar-refractivity contribution >= 4 is 40.3 Å². The van der Waals surface area contributed by atoms with Crippen LogP contribution in [0.3, 0.4) is 0 Å². The first-order valence-corrected chi connectivity index (χ1v) is 11.6. The zero-order chi connectivity index (χ0) is 24.1. The molecule has 1 fully saturated rings. The molecule has 1 saturated heterocycles. The molecule has 3 aromatic rings. The normalized spacial score (nSPS) is 15.8. The van der Waals surface area contributed by atoms with Gasteiger partial charge < -0.3 is 4.74 Å². The Bertz CT molecular complexity index is 1270. The molecular weight excluding hydrogens is 450 g/mol. The second-order valence-corrected chi connectivity index (χ2v) is 8.64. The topological polar surface area (TPSA) is 85.0 Å². The molecule has 7 nitrogen and oxygen atoms in total. The van der Waals surface area contributed by atoms with E-state index in [-0.39, 0.29) is 11.6 Å². The number of aliphatic imine (C=N–C) groups is 1. The first-order chi connectivity index (χ1) is 16.4. The number of nitro groups is 1. The zero-order valence-electron chi connectivity index (χ0n) is 18.8. The average Bonchev–Trinajstić information content (AvgIpc) is 3.11. The first kappa shape index (κ1) is 23.3. The lowest BCUT2D eigenvalue weighted by Crippen LogP contribution is -2.23. The van der Waals surface area contributed by atoms with Crippen LogP contribution in [0.1, 0.15) is 23.6 Å². The van der Waals surface area contributed by atoms with Crippen molar-refractivity contribution in [3.63, 3.8) is 0 Å². The predicted octanol–water partition coefficient (Wildman–Crippen LogP) is 5.97. The molecule has 0 atom stereocenters. The Kier molecular flexibility index (Phi) is 7.08. The number of likely N-dealkylation sites (N-methyl/N-ethyl adjacent to an activating group) is 1. The van der Waals surface area contributed by atoms with E-state index in [0.29, 0.717) is 22.4 Å². The average molecular weight is 474 g/mol. The van der Waals surface area contributed by atoms with E-state index in [4.69, 9.17) is 9.73 Å². The molecule has 3 aromatic carbocycles. The summed E-state index contributed by atoms with van der Waals surface area (Å²) < 4.78 is 5.77. The summed E-state index contributed by atoms with van der Waals surface area (Å²) in [6.45, 7) is 2.39. The molecule has 8 heteroatoms. The number of hydrogen-bond donors (Lipinski definition) is 0. The molecular formula is C26H23N3O4S. The third-order valence-electron chi connectivity index (χ3n) is 5.32. The fraction of sp³-hybridized carbons (Fsp3) is 0.154. The predicted molar refractivity (Wildman–Crippen MR) is 135 cm³/mol. The van der Waals surface area contributed by atoms with E-state index in [1.54, 1.807) is 24.1 Å². The number of para-hydroxylation sites is 1. The first-order valence-electron chi connectivity index (χ1n) is 10.7. The number of non-ortho nitro benzene ring substituents is 1. The minimum absolute atomic E-state index is 0.0499. The number of benzene rings is 3. The molecule has 0 radical (unpaired) electrons. The van der Waals surface area contributed by atoms with Crippen LogP contribution in [0.4, 0.5) is 11.4 Å². The Hall–Kier alpha value is -3.91. The Morgan fingerprint density at radius 2 is 1.76 bits per heavy atom. The highest BCUT2D eigenvalue weighted by Gasteiger charge is 2.30. The molecule has 0 spiro atoms. The van der Waals surface area contributed by atoms with Crippen molar-refractivity contribution in [3.8, 4) is 5.75 Å². The van der Waals surface area contributed by atoms with E-state index in [1.807, 2.05) is 54.6 Å². The van der Waals surface area contributed by atoms with Crippen LogP contribution in [0.5, 0.6) is 5.75 Å². The SMILES string of the molecule is CCc1ccccc1N=C1S/C(=C/c2ccc(OCc3ccc([N+](=O)[O-])cc3)cc2)C(=O)N1C. The lowest BCUT2D eigenvalue weighted by atomic mass is 10.1. The quantitative estimate of drug-likeness (QED) is 0.240. The number of ether oxygens (including phenoxy) is 1. The number of carbonyl (C=O) groups is 1. The second kappa shape index (κ2) is 10.4. The fourth-order valence-corrected chi connectivity index (χ4v) is 4.35. The van der Waals surface area contributed by atoms with E-state index < -0.39 is 4.92 Å². The van der Waals surface area contributed by atoms with E-state index in [2.05, 4.69) is 6.92 Å². The molecule has 0 saturated carbocycles. The Morgan fingerprint density at radius 1 is 1.06 bits per heavy atom. The maximum Gasteiger partial charge on any atom is 0.269 e. The third kappa shape index (κ3) is 5.35. The van der Waals surface area contributed by atoms with Gasteiger partial charge in [0.15, 0.2) is 5.17 Å². The zero-order valence-corrected chi connectivity index (χ0v) is 19.6. The summed E-state index contributed by atoms with van der Waals surface area (Å²) in [5, 5.41) is 11.4. The van der Waals surface area contributed by atoms with Crippen LogP contribution < -0.4 is 4.74 Å². The third-order valence-corrected chi connectivity index (χ3v) is 6.38. The van der Waals surface area contributed by atoms with Crippen molar-refractivity contribution in [2.75, 3.05) is 7.05 Å². The van der Waals surface area contributed by atoms with Crippen LogP contribution in [0.2, 0.25) is 0 Å². The van der Waals surface area contributed by atoms with Gasteiger partial charge in [-0.3, -0.25) is 19.8 Å². The number of carbonyl (C=O) groups excluding carboxylic acids is 1. The largest absolute Gasteiger partial charge is 0.489 e. The number of nitro benzene ring substituents is 1. The van der Waals surface area contributed by atoms with Crippen LogP contribution in [0.25, 0.3) is 6.08 Å². The molecule has 0 unspecified atom stereocenters. The lowest BCUT2D eigenvalue weighted by molar-refractivity contribution is -0.384. The van der Waals surface area contributed by atoms with Crippen LogP contribution in [-0.4, -0.2) is 27.9 Å². The number of hydrogen-bond acceptors (Lipinski definition) is 6. The van der Waals surface area contributed by atoms with Crippen LogP contribution in [0.15, 0.2) is 82.7 Å². The number of rotatable bonds is 7. The van der Waals surface area contributed by atoms with Crippen molar-refractivity contribution in [1.82, 2.24) is 4.90 Å². The summed E-state index contributed by atoms with van der Waals surface area (Å²) in [6, 6.07) is 21.6. The molecule has 1 aliphatic heterocycles. The van der Waals surface area contributed by atoms with Crippen molar-refractivity contribution in [2.45, 2.75) is 20.0 Å². The van der Waals surface area contributed by atoms with Gasteiger partial charge in [0, 0.05) is 19.2 Å². The maximum absolute atomic E-state index is 12.7. The highest BCUT2D eigenvalue weighted by atomic mass is 32.2. The molecule has 1 amide bonds. The molecule has 4 rings (SSSR count). The van der Waals surface area contributed by atoms with Crippen LogP contribution in [0, 0.1) is 10.1 Å². The molecule has 0 aliphatic carbocycles. The van der Waals surface area contributed by atoms with Crippen molar-refractivity contribution in [2.24, 2.45) is 4.99 Å². The van der Waals surface area contributed by atoms with Crippen LogP contribution in [-0.2, 0) is 17.8 Å². The molecule has 172 valence electrons. The Morgan fingerprint density at radius 3 is 2.44 bits per heavy atom. The number of nitrogens with zero attached hydrogens (tertiary/aromatic N) is 3. The minimum Gasteiger partial charge on any atom is -0.489 e. The van der Waals surface area contributed by atoms with Crippen LogP contribution >= 0.6 is 11.8 Å². The van der Waals surface area contributed by atoms with Gasteiger partial charge in [-0.15, -0.1) is 0 Å². The second-order valence-electron chi connectivity index (χ2n) is 7.63. The van der Waals surface area contributed by atoms with E-state index >= 15 is 0 Å². The van der Waals surface area contributed by atoms with Crippen molar-refractivity contribution in [3.05, 3.63) is 105 Å². The Balaban J connectivity index is 1.43. The summed E-state index contributed by atoms with van der Waals surface area (Å²) in [6.07, 6.45) is 2.72. The van der Waals surface area contributed by atoms with Crippen molar-refractivity contribution < 1.29 is 14.5 Å². The number of thioether (sulfide) groups is 1. The summed E-state index contributed by atoms with van der Waals surface area (Å²) in [5.41, 5.74) is 3.78. The molecule has 1 heterocycles. The summed E-state index contributed by atoms with van der Waals surface area (Å²) >= 11 is 1.36. The van der Waals surface area contributed by atoms with Gasteiger partial charge in [0.1, 0.15) is 12.4 Å². The number of amides is 1. The fourth-order valence-electron chi connectivity index (χ4n) is 3.37. The summed E-state index contributed by atoms with van der Waals surface area (Å²) in [5.74, 6) is 0.581. The van der Waals surface area contributed by atoms with Gasteiger partial charge in [-0.05, 0) is 71.3 Å². The molecule has 34 heavy (non-hydrogen) atoms. The summed E-state index contributed by atoms with van der Waals surface area (Å²) in [4.78, 5) is 30.0. The highest BCUT2D eigenvalue weighted by Crippen LogP contribution is 2.34. The summed E-state index contributed by atoms with van der Waals surface area (Å²) in [7, 11) is 1.73. The van der Waals surface area contributed by atoms with Gasteiger partial charge in [-0.2, -0.15) is 0 Å². The molecule has 0 N–H and O–H groups in total. The van der Waals surface area contributed by atoms with Gasteiger partial charge in [-0.25, -0.2) is 4.99 Å². The highest BCUT2D eigenvalue weighted by molar-refractivity contribution is 8.18.